The number of aromatic nitrogens is 1. The van der Waals surface area contributed by atoms with Crippen molar-refractivity contribution in [3.63, 3.8) is 0 Å². The fraction of sp³-hybridized carbons (Fsp3) is 0.385. The number of hydrogen-bond donors (Lipinski definition) is 0. The van der Waals surface area contributed by atoms with Gasteiger partial charge in [0.25, 0.3) is 5.91 Å². The Kier molecular flexibility index (Phi) is 3.34. The van der Waals surface area contributed by atoms with E-state index in [9.17, 15) is 4.79 Å². The van der Waals surface area contributed by atoms with Crippen LogP contribution in [0.3, 0.4) is 0 Å². The Balaban J connectivity index is 2.25. The summed E-state index contributed by atoms with van der Waals surface area (Å²) >= 11 is 0. The molecule has 1 aromatic rings. The fourth-order valence-electron chi connectivity index (χ4n) is 1.99. The number of aryl methyl sites for hydroxylation is 2. The average Bonchev–Trinajstić information content (AvgIpc) is 2.94. The van der Waals surface area contributed by atoms with Crippen LogP contribution >= 0.6 is 0 Å². The molecule has 0 saturated carbocycles. The maximum atomic E-state index is 11.9. The van der Waals surface area contributed by atoms with Gasteiger partial charge in [-0.25, -0.2) is 5.06 Å². The molecule has 1 aliphatic rings. The molecule has 0 saturated heterocycles. The van der Waals surface area contributed by atoms with Gasteiger partial charge in [-0.3, -0.25) is 14.6 Å². The van der Waals surface area contributed by atoms with E-state index in [0.717, 1.165) is 17.2 Å². The minimum atomic E-state index is -0.154. The summed E-state index contributed by atoms with van der Waals surface area (Å²) in [6.45, 7) is 4.44. The molecule has 1 amide bonds. The highest BCUT2D eigenvalue weighted by molar-refractivity contribution is 6.07. The second-order valence-electron chi connectivity index (χ2n) is 4.28. The molecule has 2 heterocycles. The summed E-state index contributed by atoms with van der Waals surface area (Å²) in [5, 5.41) is 1.21. The largest absolute Gasteiger partial charge is 0.303 e. The molecule has 0 atom stereocenters. The van der Waals surface area contributed by atoms with Crippen molar-refractivity contribution in [2.75, 3.05) is 20.7 Å². The van der Waals surface area contributed by atoms with Crippen LogP contribution in [0.15, 0.2) is 28.8 Å². The van der Waals surface area contributed by atoms with E-state index in [1.807, 2.05) is 36.6 Å². The molecule has 1 aromatic heterocycles. The summed E-state index contributed by atoms with van der Waals surface area (Å²) in [5.74, 6) is 0.654. The molecule has 18 heavy (non-hydrogen) atoms. The van der Waals surface area contributed by atoms with Crippen LogP contribution in [-0.2, 0) is 9.63 Å². The molecule has 0 aromatic carbocycles. The van der Waals surface area contributed by atoms with Crippen LogP contribution in [0.4, 0.5) is 0 Å². The van der Waals surface area contributed by atoms with Gasteiger partial charge in [-0.15, -0.1) is 0 Å². The van der Waals surface area contributed by atoms with Crippen LogP contribution in [-0.4, -0.2) is 42.1 Å². The smallest absolute Gasteiger partial charge is 0.275 e. The number of likely N-dealkylation sites (N-methyl/N-ethyl adjacent to an activating group) is 1. The zero-order valence-electron chi connectivity index (χ0n) is 11.1. The number of hydroxylamine groups is 2. The van der Waals surface area contributed by atoms with Gasteiger partial charge in [-0.1, -0.05) is 0 Å². The second-order valence-corrected chi connectivity index (χ2v) is 4.28. The normalized spacial score (nSPS) is 14.4. The van der Waals surface area contributed by atoms with Crippen LogP contribution in [0.1, 0.15) is 11.4 Å². The van der Waals surface area contributed by atoms with E-state index in [4.69, 9.17) is 4.84 Å². The molecule has 0 radical (unpaired) electrons. The highest BCUT2D eigenvalue weighted by Gasteiger charge is 2.20. The molecule has 0 N–H and O–H groups in total. The van der Waals surface area contributed by atoms with Gasteiger partial charge in [0.2, 0.25) is 0 Å². The van der Waals surface area contributed by atoms with Gasteiger partial charge in [0.05, 0.1) is 13.7 Å². The van der Waals surface area contributed by atoms with Crippen molar-refractivity contribution in [3.05, 3.63) is 35.2 Å². The first-order valence-electron chi connectivity index (χ1n) is 5.77. The molecular weight excluding hydrogens is 230 g/mol. The van der Waals surface area contributed by atoms with Crippen molar-refractivity contribution in [2.45, 2.75) is 13.8 Å². The Morgan fingerprint density at radius 3 is 2.56 bits per heavy atom. The third-order valence-corrected chi connectivity index (χ3v) is 3.05. The van der Waals surface area contributed by atoms with E-state index >= 15 is 0 Å². The van der Waals surface area contributed by atoms with E-state index in [1.54, 1.807) is 7.05 Å². The van der Waals surface area contributed by atoms with Crippen molar-refractivity contribution in [2.24, 2.45) is 4.99 Å². The Hall–Kier alpha value is -1.88. The molecule has 0 spiro atoms. The third kappa shape index (κ3) is 2.09. The molecule has 0 unspecified atom stereocenters. The summed E-state index contributed by atoms with van der Waals surface area (Å²) in [4.78, 5) is 21.2. The molecular formula is C13H17N3O2. The van der Waals surface area contributed by atoms with Gasteiger partial charge in [0.15, 0.2) is 0 Å². The summed E-state index contributed by atoms with van der Waals surface area (Å²) < 4.78 is 2.03. The standard InChI is InChI=1S/C13H17N3O2/c1-9-5-6-10(2)16(9)12-7-11(8-14-12)13(17)15(3)18-4/h5-7H,8H2,1-4H3. The van der Waals surface area contributed by atoms with Crippen molar-refractivity contribution in [1.82, 2.24) is 9.63 Å². The van der Waals surface area contributed by atoms with Crippen LogP contribution in [0.25, 0.3) is 0 Å². The maximum Gasteiger partial charge on any atom is 0.275 e. The van der Waals surface area contributed by atoms with Crippen LogP contribution in [0.5, 0.6) is 0 Å². The number of aliphatic imine (C=N–C) groups is 1. The summed E-state index contributed by atoms with van der Waals surface area (Å²) in [7, 11) is 3.06. The number of amides is 1. The number of nitrogens with zero attached hydrogens (tertiary/aromatic N) is 3. The van der Waals surface area contributed by atoms with Gasteiger partial charge < -0.3 is 4.57 Å². The third-order valence-electron chi connectivity index (χ3n) is 3.05. The van der Waals surface area contributed by atoms with Crippen LogP contribution < -0.4 is 0 Å². The number of rotatable bonds is 2. The molecule has 0 aliphatic carbocycles. The van der Waals surface area contributed by atoms with Crippen LogP contribution in [0, 0.1) is 13.8 Å². The highest BCUT2D eigenvalue weighted by atomic mass is 16.7. The first-order valence-corrected chi connectivity index (χ1v) is 5.77. The number of carbonyl (C=O) groups excluding carboxylic acids is 1. The Morgan fingerprint density at radius 1 is 1.39 bits per heavy atom. The van der Waals surface area contributed by atoms with Gasteiger partial charge in [0, 0.05) is 24.0 Å². The van der Waals surface area contributed by atoms with Crippen molar-refractivity contribution >= 4 is 11.7 Å². The average molecular weight is 247 g/mol. The van der Waals surface area contributed by atoms with E-state index in [-0.39, 0.29) is 5.91 Å². The van der Waals surface area contributed by atoms with Crippen LogP contribution in [0.2, 0.25) is 0 Å². The van der Waals surface area contributed by atoms with E-state index in [1.165, 1.54) is 12.2 Å². The lowest BCUT2D eigenvalue weighted by Crippen LogP contribution is -2.27. The Labute approximate surface area is 106 Å². The number of allylic oxidation sites excluding steroid dienone is 1. The predicted octanol–water partition coefficient (Wildman–Crippen LogP) is 1.31. The fourth-order valence-corrected chi connectivity index (χ4v) is 1.99. The quantitative estimate of drug-likeness (QED) is 0.740. The van der Waals surface area contributed by atoms with Gasteiger partial charge in [0.1, 0.15) is 5.84 Å². The van der Waals surface area contributed by atoms with Crippen molar-refractivity contribution in [1.29, 1.82) is 0 Å². The Morgan fingerprint density at radius 2 is 2.00 bits per heavy atom. The molecule has 0 bridgehead atoms. The number of hydrogen-bond acceptors (Lipinski definition) is 3. The van der Waals surface area contributed by atoms with E-state index < -0.39 is 0 Å². The number of carbonyl (C=O) groups is 1. The zero-order valence-corrected chi connectivity index (χ0v) is 11.1. The molecule has 96 valence electrons. The van der Waals surface area contributed by atoms with Crippen molar-refractivity contribution in [3.8, 4) is 0 Å². The molecule has 2 rings (SSSR count). The Bertz CT molecular complexity index is 521. The van der Waals surface area contributed by atoms with Gasteiger partial charge in [-0.2, -0.15) is 0 Å². The zero-order chi connectivity index (χ0) is 13.3. The lowest BCUT2D eigenvalue weighted by molar-refractivity contribution is -0.163. The molecule has 5 heteroatoms. The van der Waals surface area contributed by atoms with E-state index in [0.29, 0.717) is 12.1 Å². The minimum absolute atomic E-state index is 0.154. The maximum absolute atomic E-state index is 11.9. The SMILES string of the molecule is CON(C)C(=O)C1=CC(n2c(C)ccc2C)=NC1. The molecule has 1 aliphatic heterocycles. The summed E-state index contributed by atoms with van der Waals surface area (Å²) in [6, 6.07) is 4.07. The highest BCUT2D eigenvalue weighted by Crippen LogP contribution is 2.14. The predicted molar refractivity (Wildman–Crippen MR) is 69.5 cm³/mol. The second kappa shape index (κ2) is 4.78. The summed E-state index contributed by atoms with van der Waals surface area (Å²) in [6.07, 6.45) is 1.82. The monoisotopic (exact) mass is 247 g/mol. The summed E-state index contributed by atoms with van der Waals surface area (Å²) in [5.41, 5.74) is 2.86. The minimum Gasteiger partial charge on any atom is -0.303 e. The molecule has 5 nitrogen and oxygen atoms in total. The van der Waals surface area contributed by atoms with Crippen molar-refractivity contribution < 1.29 is 9.63 Å². The first-order chi connectivity index (χ1) is 8.54. The first kappa shape index (κ1) is 12.6. The van der Waals surface area contributed by atoms with Gasteiger partial charge >= 0.3 is 0 Å². The molecule has 0 fully saturated rings. The topological polar surface area (TPSA) is 46.8 Å². The van der Waals surface area contributed by atoms with Gasteiger partial charge in [-0.05, 0) is 32.1 Å². The lowest BCUT2D eigenvalue weighted by atomic mass is 10.2. The lowest BCUT2D eigenvalue weighted by Gasteiger charge is -2.13. The van der Waals surface area contributed by atoms with E-state index in [2.05, 4.69) is 4.99 Å².